The third kappa shape index (κ3) is 5.19. The molecular formula is C30H34N8O3S. The average Bonchev–Trinajstić information content (AvgIpc) is 3.80. The van der Waals surface area contributed by atoms with Crippen molar-refractivity contribution in [3.05, 3.63) is 53.9 Å². The molecule has 0 saturated carbocycles. The maximum Gasteiger partial charge on any atom is 0.253 e. The number of rotatable bonds is 8. The fourth-order valence-electron chi connectivity index (χ4n) is 6.28. The predicted octanol–water partition coefficient (Wildman–Crippen LogP) is 3.32. The number of aliphatic hydroxyl groups is 1. The lowest BCUT2D eigenvalue weighted by Gasteiger charge is -2.34. The molecule has 0 unspecified atom stereocenters. The Balaban J connectivity index is 1.08. The number of piperazine rings is 1. The van der Waals surface area contributed by atoms with Crippen molar-refractivity contribution in [1.29, 1.82) is 0 Å². The summed E-state index contributed by atoms with van der Waals surface area (Å²) in [4.78, 5) is 38.6. The van der Waals surface area contributed by atoms with Crippen LogP contribution in [-0.4, -0.2) is 105 Å². The Morgan fingerprint density at radius 1 is 1.17 bits per heavy atom. The van der Waals surface area contributed by atoms with Crippen LogP contribution in [-0.2, 0) is 4.74 Å². The number of carbonyl (C=O) groups is 1. The standard InChI is InChI=1S/C30H34N8O3S/c1-18-10-27(35-30(32-18)38-16-22-12-23(38)15-37(22)7-8-39)34-26-13-24-25(14-31-26)42-28(33-24)19-4-3-5-20(11-19)29(40)36(2)21-6-9-41-17-21/h3-5,10-11,13-14,21-23,39H,6-9,12,15-17H2,1-2H3,(H,31,32,34,35)/t21-,22-,23-/m0/s1. The minimum atomic E-state index is -0.00891. The first-order chi connectivity index (χ1) is 20.4. The molecule has 6 heterocycles. The molecule has 12 heteroatoms. The first kappa shape index (κ1) is 27.1. The Bertz CT molecular complexity index is 1620. The highest BCUT2D eigenvalue weighted by Gasteiger charge is 2.44. The van der Waals surface area contributed by atoms with Gasteiger partial charge in [-0.05, 0) is 31.9 Å². The highest BCUT2D eigenvalue weighted by atomic mass is 32.1. The smallest absolute Gasteiger partial charge is 0.253 e. The van der Waals surface area contributed by atoms with E-state index in [4.69, 9.17) is 19.7 Å². The summed E-state index contributed by atoms with van der Waals surface area (Å²) in [5.41, 5.74) is 3.26. The van der Waals surface area contributed by atoms with Gasteiger partial charge in [0.15, 0.2) is 0 Å². The van der Waals surface area contributed by atoms with E-state index in [0.29, 0.717) is 42.5 Å². The minimum Gasteiger partial charge on any atom is -0.395 e. The van der Waals surface area contributed by atoms with Crippen molar-refractivity contribution in [2.24, 2.45) is 0 Å². The number of likely N-dealkylation sites (tertiary alicyclic amines) is 1. The van der Waals surface area contributed by atoms with Crippen LogP contribution in [0.2, 0.25) is 0 Å². The van der Waals surface area contributed by atoms with Gasteiger partial charge in [-0.15, -0.1) is 11.3 Å². The molecule has 218 valence electrons. The van der Waals surface area contributed by atoms with Gasteiger partial charge in [-0.25, -0.2) is 15.0 Å². The van der Waals surface area contributed by atoms with E-state index in [2.05, 4.69) is 20.1 Å². The second-order valence-electron chi connectivity index (χ2n) is 11.3. The molecule has 2 bridgehead atoms. The third-order valence-electron chi connectivity index (χ3n) is 8.50. The Hall–Kier alpha value is -3.71. The molecule has 3 aliphatic heterocycles. The number of carbonyl (C=O) groups excluding carboxylic acids is 1. The number of β-amino-alcohol motifs (C(OH)–C–C–N with tert-alkyl or cyclic N) is 1. The normalized spacial score (nSPS) is 21.9. The van der Waals surface area contributed by atoms with Crippen LogP contribution < -0.4 is 10.2 Å². The van der Waals surface area contributed by atoms with E-state index in [9.17, 15) is 9.90 Å². The number of aryl methyl sites for hydroxylation is 1. The van der Waals surface area contributed by atoms with E-state index in [1.807, 2.05) is 56.6 Å². The number of fused-ring (bicyclic) bond motifs is 3. The topological polar surface area (TPSA) is 120 Å². The van der Waals surface area contributed by atoms with Gasteiger partial charge in [-0.3, -0.25) is 9.69 Å². The van der Waals surface area contributed by atoms with Crippen molar-refractivity contribution in [2.75, 3.05) is 56.7 Å². The zero-order valence-electron chi connectivity index (χ0n) is 23.7. The monoisotopic (exact) mass is 586 g/mol. The van der Waals surface area contributed by atoms with Gasteiger partial charge in [0.25, 0.3) is 5.91 Å². The van der Waals surface area contributed by atoms with Crippen molar-refractivity contribution in [2.45, 2.75) is 37.9 Å². The summed E-state index contributed by atoms with van der Waals surface area (Å²) in [6, 6.07) is 12.4. The van der Waals surface area contributed by atoms with E-state index in [1.54, 1.807) is 16.2 Å². The Kier molecular flexibility index (Phi) is 7.22. The van der Waals surface area contributed by atoms with Gasteiger partial charge < -0.3 is 25.0 Å². The summed E-state index contributed by atoms with van der Waals surface area (Å²) in [6.45, 7) is 5.97. The van der Waals surface area contributed by atoms with Crippen LogP contribution in [0.4, 0.5) is 17.6 Å². The molecule has 3 aliphatic rings. The fourth-order valence-corrected chi connectivity index (χ4v) is 7.19. The highest BCUT2D eigenvalue weighted by Crippen LogP contribution is 2.34. The van der Waals surface area contributed by atoms with Crippen molar-refractivity contribution in [1.82, 2.24) is 29.7 Å². The second kappa shape index (κ2) is 11.2. The molecule has 0 spiro atoms. The maximum atomic E-state index is 13.1. The summed E-state index contributed by atoms with van der Waals surface area (Å²) in [7, 11) is 1.84. The summed E-state index contributed by atoms with van der Waals surface area (Å²) >= 11 is 1.55. The quantitative estimate of drug-likeness (QED) is 0.318. The van der Waals surface area contributed by atoms with Gasteiger partial charge in [-0.1, -0.05) is 12.1 Å². The van der Waals surface area contributed by atoms with Crippen LogP contribution in [0.25, 0.3) is 20.8 Å². The number of hydrogen-bond acceptors (Lipinski definition) is 11. The van der Waals surface area contributed by atoms with Gasteiger partial charge in [0, 0.05) is 80.5 Å². The number of amides is 1. The van der Waals surface area contributed by atoms with Gasteiger partial charge in [-0.2, -0.15) is 4.98 Å². The van der Waals surface area contributed by atoms with Crippen molar-refractivity contribution < 1.29 is 14.6 Å². The van der Waals surface area contributed by atoms with E-state index in [-0.39, 0.29) is 18.6 Å². The van der Waals surface area contributed by atoms with Crippen molar-refractivity contribution >= 4 is 45.0 Å². The van der Waals surface area contributed by atoms with Crippen molar-refractivity contribution in [3.8, 4) is 10.6 Å². The lowest BCUT2D eigenvalue weighted by atomic mass is 10.1. The highest BCUT2D eigenvalue weighted by molar-refractivity contribution is 7.21. The van der Waals surface area contributed by atoms with Crippen LogP contribution >= 0.6 is 11.3 Å². The molecule has 3 aromatic heterocycles. The number of thiazole rings is 1. The summed E-state index contributed by atoms with van der Waals surface area (Å²) < 4.78 is 6.43. The molecule has 1 aromatic carbocycles. The van der Waals surface area contributed by atoms with Crippen LogP contribution in [0.5, 0.6) is 0 Å². The molecule has 4 aromatic rings. The van der Waals surface area contributed by atoms with Crippen molar-refractivity contribution in [3.63, 3.8) is 0 Å². The van der Waals surface area contributed by atoms with Gasteiger partial charge in [0.05, 0.1) is 29.5 Å². The molecule has 0 radical (unpaired) electrons. The third-order valence-corrected chi connectivity index (χ3v) is 9.56. The van der Waals surface area contributed by atoms with E-state index >= 15 is 0 Å². The number of benzene rings is 1. The van der Waals surface area contributed by atoms with Crippen LogP contribution in [0.15, 0.2) is 42.6 Å². The number of pyridine rings is 1. The number of hydrogen-bond donors (Lipinski definition) is 2. The number of nitrogens with one attached hydrogen (secondary N) is 1. The molecule has 2 N–H and O–H groups in total. The van der Waals surface area contributed by atoms with E-state index in [0.717, 1.165) is 64.9 Å². The summed E-state index contributed by atoms with van der Waals surface area (Å²) in [5.74, 6) is 2.07. The molecule has 0 aliphatic carbocycles. The Morgan fingerprint density at radius 3 is 2.86 bits per heavy atom. The predicted molar refractivity (Wildman–Crippen MR) is 162 cm³/mol. The molecule has 3 atom stereocenters. The first-order valence-electron chi connectivity index (χ1n) is 14.4. The van der Waals surface area contributed by atoms with Crippen LogP contribution in [0, 0.1) is 6.92 Å². The summed E-state index contributed by atoms with van der Waals surface area (Å²) in [5, 5.41) is 13.5. The second-order valence-corrected chi connectivity index (χ2v) is 12.3. The number of nitrogens with zero attached hydrogens (tertiary/aromatic N) is 7. The zero-order chi connectivity index (χ0) is 28.8. The Labute approximate surface area is 248 Å². The molecule has 3 saturated heterocycles. The maximum absolute atomic E-state index is 13.1. The van der Waals surface area contributed by atoms with Gasteiger partial charge in [0.2, 0.25) is 5.95 Å². The molecule has 11 nitrogen and oxygen atoms in total. The number of aromatic nitrogens is 4. The number of aliphatic hydroxyl groups excluding tert-OH is 1. The van der Waals surface area contributed by atoms with Crippen LogP contribution in [0.1, 0.15) is 28.9 Å². The molecule has 42 heavy (non-hydrogen) atoms. The lowest BCUT2D eigenvalue weighted by molar-refractivity contribution is 0.0711. The summed E-state index contributed by atoms with van der Waals surface area (Å²) in [6.07, 6.45) is 3.77. The molecule has 7 rings (SSSR count). The zero-order valence-corrected chi connectivity index (χ0v) is 24.5. The Morgan fingerprint density at radius 2 is 2.07 bits per heavy atom. The first-order valence-corrected chi connectivity index (χ1v) is 15.2. The minimum absolute atomic E-state index is 0.00891. The van der Waals surface area contributed by atoms with Crippen LogP contribution in [0.3, 0.4) is 0 Å². The van der Waals surface area contributed by atoms with E-state index < -0.39 is 0 Å². The molecular weight excluding hydrogens is 552 g/mol. The number of likely N-dealkylation sites (N-methyl/N-ethyl adjacent to an activating group) is 1. The molecule has 3 fully saturated rings. The van der Waals surface area contributed by atoms with E-state index in [1.165, 1.54) is 0 Å². The number of ether oxygens (including phenoxy) is 1. The largest absolute Gasteiger partial charge is 0.395 e. The van der Waals surface area contributed by atoms with Gasteiger partial charge >= 0.3 is 0 Å². The fraction of sp³-hybridized carbons (Fsp3) is 0.433. The SMILES string of the molecule is Cc1cc(Nc2cc3nc(-c4cccc(C(=O)N(C)[C@H]5CCOC5)c4)sc3cn2)nc(N2C[C@@H]3C[C@H]2CN3CCO)n1. The van der Waals surface area contributed by atoms with Gasteiger partial charge in [0.1, 0.15) is 16.6 Å². The average molecular weight is 587 g/mol. The molecule has 1 amide bonds. The lowest BCUT2D eigenvalue weighted by Crippen LogP contribution is -2.47. The number of anilines is 3.